The van der Waals surface area contributed by atoms with Crippen molar-refractivity contribution in [1.29, 1.82) is 0 Å². The molecular formula is C15H19Cl2N3O. The lowest BCUT2D eigenvalue weighted by Crippen LogP contribution is -2.35. The van der Waals surface area contributed by atoms with E-state index < -0.39 is 0 Å². The minimum Gasteiger partial charge on any atom is -0.326 e. The normalized spacial score (nSPS) is 20.4. The molecule has 2 heterocycles. The molecule has 0 radical (unpaired) electrons. The van der Waals surface area contributed by atoms with Gasteiger partial charge in [0.05, 0.1) is 10.9 Å². The summed E-state index contributed by atoms with van der Waals surface area (Å²) in [7, 11) is 0. The van der Waals surface area contributed by atoms with Gasteiger partial charge in [-0.25, -0.2) is 0 Å². The SMILES string of the molecule is CC1(C(=O)Nc2ccc3ncccc3c2)CCNC1.Cl.Cl. The first kappa shape index (κ1) is 17.7. The summed E-state index contributed by atoms with van der Waals surface area (Å²) >= 11 is 0. The summed E-state index contributed by atoms with van der Waals surface area (Å²) in [5.41, 5.74) is 1.47. The van der Waals surface area contributed by atoms with Gasteiger partial charge in [-0.2, -0.15) is 0 Å². The Morgan fingerprint density at radius 2 is 2.14 bits per heavy atom. The zero-order valence-electron chi connectivity index (χ0n) is 11.8. The van der Waals surface area contributed by atoms with Gasteiger partial charge in [0.15, 0.2) is 0 Å². The van der Waals surface area contributed by atoms with Crippen LogP contribution in [0.25, 0.3) is 10.9 Å². The quantitative estimate of drug-likeness (QED) is 0.891. The van der Waals surface area contributed by atoms with Crippen molar-refractivity contribution in [2.75, 3.05) is 18.4 Å². The number of halogens is 2. The standard InChI is InChI=1S/C15H17N3O.2ClH/c1-15(6-8-16-10-15)14(19)18-12-4-5-13-11(9-12)3-2-7-17-13;;/h2-5,7,9,16H,6,8,10H2,1H3,(H,18,19);2*1H. The van der Waals surface area contributed by atoms with E-state index >= 15 is 0 Å². The second-order valence-electron chi connectivity index (χ2n) is 5.35. The predicted molar refractivity (Wildman–Crippen MR) is 90.5 cm³/mol. The highest BCUT2D eigenvalue weighted by molar-refractivity contribution is 5.97. The molecule has 1 aromatic heterocycles. The number of hydrogen-bond acceptors (Lipinski definition) is 3. The van der Waals surface area contributed by atoms with Crippen molar-refractivity contribution in [3.8, 4) is 0 Å². The second-order valence-corrected chi connectivity index (χ2v) is 5.35. The van der Waals surface area contributed by atoms with Crippen molar-refractivity contribution in [2.24, 2.45) is 5.41 Å². The number of anilines is 1. The molecule has 1 atom stereocenters. The number of nitrogens with one attached hydrogen (secondary N) is 2. The molecule has 3 rings (SSSR count). The van der Waals surface area contributed by atoms with E-state index in [2.05, 4.69) is 15.6 Å². The third-order valence-corrected chi connectivity index (χ3v) is 3.78. The van der Waals surface area contributed by atoms with E-state index in [1.54, 1.807) is 6.20 Å². The molecule has 4 nitrogen and oxygen atoms in total. The Morgan fingerprint density at radius 1 is 1.33 bits per heavy atom. The smallest absolute Gasteiger partial charge is 0.231 e. The third kappa shape index (κ3) is 3.64. The molecule has 1 amide bonds. The van der Waals surface area contributed by atoms with Crippen molar-refractivity contribution in [1.82, 2.24) is 10.3 Å². The number of amides is 1. The molecule has 0 bridgehead atoms. The van der Waals surface area contributed by atoms with Gasteiger partial charge in [-0.15, -0.1) is 24.8 Å². The van der Waals surface area contributed by atoms with E-state index in [1.165, 1.54) is 0 Å². The van der Waals surface area contributed by atoms with E-state index in [4.69, 9.17) is 0 Å². The minimum absolute atomic E-state index is 0. The van der Waals surface area contributed by atoms with Gasteiger partial charge in [-0.1, -0.05) is 6.07 Å². The Hall–Kier alpha value is -1.36. The van der Waals surface area contributed by atoms with Crippen LogP contribution in [0.5, 0.6) is 0 Å². The van der Waals surface area contributed by atoms with Gasteiger partial charge in [0.25, 0.3) is 0 Å². The topological polar surface area (TPSA) is 54.0 Å². The molecule has 0 spiro atoms. The van der Waals surface area contributed by atoms with E-state index in [-0.39, 0.29) is 36.1 Å². The number of fused-ring (bicyclic) bond motifs is 1. The molecule has 0 saturated carbocycles. The van der Waals surface area contributed by atoms with Crippen molar-refractivity contribution in [3.63, 3.8) is 0 Å². The fraction of sp³-hybridized carbons (Fsp3) is 0.333. The summed E-state index contributed by atoms with van der Waals surface area (Å²) in [6, 6.07) is 9.69. The van der Waals surface area contributed by atoms with Gasteiger partial charge in [0.1, 0.15) is 0 Å². The molecule has 1 saturated heterocycles. The largest absolute Gasteiger partial charge is 0.326 e. The minimum atomic E-state index is -0.302. The molecular weight excluding hydrogens is 309 g/mol. The average molecular weight is 328 g/mol. The molecule has 2 aromatic rings. The van der Waals surface area contributed by atoms with Crippen LogP contribution >= 0.6 is 24.8 Å². The maximum atomic E-state index is 12.3. The van der Waals surface area contributed by atoms with Crippen LogP contribution in [0.2, 0.25) is 0 Å². The fourth-order valence-corrected chi connectivity index (χ4v) is 2.45. The van der Waals surface area contributed by atoms with Gasteiger partial charge in [-0.3, -0.25) is 9.78 Å². The van der Waals surface area contributed by atoms with Crippen LogP contribution in [0.1, 0.15) is 13.3 Å². The summed E-state index contributed by atoms with van der Waals surface area (Å²) in [5, 5.41) is 7.29. The lowest BCUT2D eigenvalue weighted by Gasteiger charge is -2.21. The highest BCUT2D eigenvalue weighted by Crippen LogP contribution is 2.27. The number of carbonyl (C=O) groups is 1. The Kier molecular flexibility index (Phi) is 5.96. The lowest BCUT2D eigenvalue weighted by molar-refractivity contribution is -0.123. The average Bonchev–Trinajstić information content (AvgIpc) is 2.87. The van der Waals surface area contributed by atoms with E-state index in [9.17, 15) is 4.79 Å². The molecule has 1 aliphatic heterocycles. The van der Waals surface area contributed by atoms with Crippen LogP contribution in [0.4, 0.5) is 5.69 Å². The van der Waals surface area contributed by atoms with Gasteiger partial charge >= 0.3 is 0 Å². The van der Waals surface area contributed by atoms with Crippen molar-refractivity contribution in [3.05, 3.63) is 36.5 Å². The zero-order valence-corrected chi connectivity index (χ0v) is 13.4. The Bertz CT molecular complexity index is 627. The van der Waals surface area contributed by atoms with Gasteiger partial charge < -0.3 is 10.6 Å². The predicted octanol–water partition coefficient (Wildman–Crippen LogP) is 3.02. The Balaban J connectivity index is 0.00000110. The van der Waals surface area contributed by atoms with E-state index in [1.807, 2.05) is 37.3 Å². The number of aromatic nitrogens is 1. The molecule has 2 N–H and O–H groups in total. The molecule has 1 aliphatic rings. The van der Waals surface area contributed by atoms with Crippen molar-refractivity contribution in [2.45, 2.75) is 13.3 Å². The van der Waals surface area contributed by atoms with Crippen molar-refractivity contribution < 1.29 is 4.79 Å². The molecule has 21 heavy (non-hydrogen) atoms. The Morgan fingerprint density at radius 3 is 2.86 bits per heavy atom. The van der Waals surface area contributed by atoms with E-state index in [0.717, 1.165) is 36.1 Å². The highest BCUT2D eigenvalue weighted by atomic mass is 35.5. The first-order valence-electron chi connectivity index (χ1n) is 6.54. The molecule has 1 fully saturated rings. The van der Waals surface area contributed by atoms with Crippen LogP contribution in [-0.2, 0) is 4.79 Å². The van der Waals surface area contributed by atoms with Gasteiger partial charge in [0, 0.05) is 23.8 Å². The van der Waals surface area contributed by atoms with Gasteiger partial charge in [-0.05, 0) is 44.2 Å². The van der Waals surface area contributed by atoms with Crippen LogP contribution < -0.4 is 10.6 Å². The summed E-state index contributed by atoms with van der Waals surface area (Å²) < 4.78 is 0. The number of nitrogens with zero attached hydrogens (tertiary/aromatic N) is 1. The number of rotatable bonds is 2. The maximum Gasteiger partial charge on any atom is 0.231 e. The number of carbonyl (C=O) groups excluding carboxylic acids is 1. The van der Waals surface area contributed by atoms with Crippen LogP contribution in [-0.4, -0.2) is 24.0 Å². The third-order valence-electron chi connectivity index (χ3n) is 3.78. The lowest BCUT2D eigenvalue weighted by atomic mass is 9.88. The maximum absolute atomic E-state index is 12.3. The number of benzene rings is 1. The zero-order chi connectivity index (χ0) is 13.3. The van der Waals surface area contributed by atoms with Gasteiger partial charge in [0.2, 0.25) is 5.91 Å². The van der Waals surface area contributed by atoms with Crippen LogP contribution in [0.15, 0.2) is 36.5 Å². The highest BCUT2D eigenvalue weighted by Gasteiger charge is 2.36. The number of hydrogen-bond donors (Lipinski definition) is 2. The monoisotopic (exact) mass is 327 g/mol. The van der Waals surface area contributed by atoms with Crippen LogP contribution in [0, 0.1) is 5.41 Å². The molecule has 6 heteroatoms. The molecule has 1 aromatic carbocycles. The molecule has 114 valence electrons. The first-order chi connectivity index (χ1) is 9.17. The first-order valence-corrected chi connectivity index (χ1v) is 6.54. The van der Waals surface area contributed by atoms with Crippen molar-refractivity contribution >= 4 is 47.3 Å². The number of pyridine rings is 1. The summed E-state index contributed by atoms with van der Waals surface area (Å²) in [6.45, 7) is 3.66. The fourth-order valence-electron chi connectivity index (χ4n) is 2.45. The summed E-state index contributed by atoms with van der Waals surface area (Å²) in [5.74, 6) is 0.0840. The Labute approximate surface area is 136 Å². The summed E-state index contributed by atoms with van der Waals surface area (Å²) in [6.07, 6.45) is 2.65. The second kappa shape index (κ2) is 7.07. The molecule has 1 unspecified atom stereocenters. The summed E-state index contributed by atoms with van der Waals surface area (Å²) in [4.78, 5) is 16.6. The molecule has 0 aliphatic carbocycles. The van der Waals surface area contributed by atoms with Crippen LogP contribution in [0.3, 0.4) is 0 Å². The van der Waals surface area contributed by atoms with E-state index in [0.29, 0.717) is 0 Å².